The molecule has 0 radical (unpaired) electrons. The van der Waals surface area contributed by atoms with Crippen molar-refractivity contribution in [1.82, 2.24) is 14.7 Å². The van der Waals surface area contributed by atoms with Crippen molar-refractivity contribution in [2.75, 3.05) is 39.9 Å². The number of likely N-dealkylation sites (N-methyl/N-ethyl adjacent to an activating group) is 1. The quantitative estimate of drug-likeness (QED) is 0.681. The summed E-state index contributed by atoms with van der Waals surface area (Å²) in [7, 11) is 2.13. The van der Waals surface area contributed by atoms with E-state index in [-0.39, 0.29) is 0 Å². The molecule has 3 nitrogen and oxygen atoms in total. The monoisotopic (exact) mass is 211 g/mol. The number of hydrogen-bond donors (Lipinski definition) is 0. The summed E-state index contributed by atoms with van der Waals surface area (Å²) in [6.07, 6.45) is 4.41. The fourth-order valence-corrected chi connectivity index (χ4v) is 2.04. The molecule has 1 aliphatic rings. The summed E-state index contributed by atoms with van der Waals surface area (Å²) in [4.78, 5) is 7.24. The van der Waals surface area contributed by atoms with Crippen molar-refractivity contribution in [3.05, 3.63) is 12.3 Å². The number of rotatable bonds is 5. The minimum absolute atomic E-state index is 0.636. The molecule has 1 unspecified atom stereocenters. The van der Waals surface area contributed by atoms with Crippen molar-refractivity contribution in [3.8, 4) is 0 Å². The molecule has 0 aromatic heterocycles. The van der Waals surface area contributed by atoms with Gasteiger partial charge in [-0.15, -0.1) is 0 Å². The van der Waals surface area contributed by atoms with E-state index >= 15 is 0 Å². The molecule has 0 bridgehead atoms. The van der Waals surface area contributed by atoms with Crippen LogP contribution in [-0.4, -0.2) is 60.6 Å². The van der Waals surface area contributed by atoms with E-state index in [1.54, 1.807) is 0 Å². The maximum atomic E-state index is 2.51. The summed E-state index contributed by atoms with van der Waals surface area (Å²) >= 11 is 0. The van der Waals surface area contributed by atoms with Gasteiger partial charge in [-0.1, -0.05) is 19.9 Å². The Morgan fingerprint density at radius 1 is 1.33 bits per heavy atom. The Hall–Kier alpha value is -0.540. The largest absolute Gasteiger partial charge is 0.368 e. The van der Waals surface area contributed by atoms with Crippen LogP contribution in [0, 0.1) is 0 Å². The predicted molar refractivity (Wildman–Crippen MR) is 65.7 cm³/mol. The molecule has 88 valence electrons. The molecule has 1 heterocycles. The van der Waals surface area contributed by atoms with Gasteiger partial charge < -0.3 is 9.80 Å². The third kappa shape index (κ3) is 3.84. The Morgan fingerprint density at radius 2 is 2.00 bits per heavy atom. The molecule has 0 saturated carbocycles. The lowest BCUT2D eigenvalue weighted by Crippen LogP contribution is -2.47. The second kappa shape index (κ2) is 6.13. The summed E-state index contributed by atoms with van der Waals surface area (Å²) in [5.74, 6) is 0. The molecular weight excluding hydrogens is 186 g/mol. The van der Waals surface area contributed by atoms with Crippen molar-refractivity contribution < 1.29 is 0 Å². The Kier molecular flexibility index (Phi) is 5.12. The third-order valence-corrected chi connectivity index (χ3v) is 3.14. The summed E-state index contributed by atoms with van der Waals surface area (Å²) in [5, 5.41) is 0. The number of nitrogens with zero attached hydrogens (tertiary/aromatic N) is 3. The lowest BCUT2D eigenvalue weighted by molar-refractivity contribution is 0.115. The lowest BCUT2D eigenvalue weighted by atomic mass is 10.2. The molecule has 0 fully saturated rings. The molecule has 1 rings (SSSR count). The smallest absolute Gasteiger partial charge is 0.0703 e. The van der Waals surface area contributed by atoms with Crippen LogP contribution in [0.15, 0.2) is 12.3 Å². The second-order valence-electron chi connectivity index (χ2n) is 4.39. The van der Waals surface area contributed by atoms with E-state index in [9.17, 15) is 0 Å². The maximum absolute atomic E-state index is 2.51. The van der Waals surface area contributed by atoms with Gasteiger partial charge in [-0.3, -0.25) is 4.90 Å². The third-order valence-electron chi connectivity index (χ3n) is 3.14. The average Bonchev–Trinajstić information content (AvgIpc) is 2.25. The van der Waals surface area contributed by atoms with E-state index in [4.69, 9.17) is 0 Å². The summed E-state index contributed by atoms with van der Waals surface area (Å²) in [5.41, 5.74) is 0. The Labute approximate surface area is 94.3 Å². The van der Waals surface area contributed by atoms with E-state index in [0.29, 0.717) is 6.04 Å². The van der Waals surface area contributed by atoms with Crippen molar-refractivity contribution in [1.29, 1.82) is 0 Å². The molecule has 1 atom stereocenters. The number of hydrogen-bond acceptors (Lipinski definition) is 3. The second-order valence-corrected chi connectivity index (χ2v) is 4.39. The fraction of sp³-hybridized carbons (Fsp3) is 0.833. The predicted octanol–water partition coefficient (Wildman–Crippen LogP) is 1.44. The van der Waals surface area contributed by atoms with E-state index in [1.807, 2.05) is 0 Å². The molecule has 0 aliphatic carbocycles. The topological polar surface area (TPSA) is 9.72 Å². The van der Waals surface area contributed by atoms with Gasteiger partial charge in [0.15, 0.2) is 0 Å². The van der Waals surface area contributed by atoms with Gasteiger partial charge in [-0.25, -0.2) is 0 Å². The molecule has 0 N–H and O–H groups in total. The molecule has 0 spiro atoms. The first-order chi connectivity index (χ1) is 7.17. The molecule has 1 aliphatic heterocycles. The first-order valence-corrected chi connectivity index (χ1v) is 6.00. The Bertz CT molecular complexity index is 199. The Morgan fingerprint density at radius 3 is 2.53 bits per heavy atom. The highest BCUT2D eigenvalue weighted by atomic mass is 15.3. The molecule has 0 amide bonds. The van der Waals surface area contributed by atoms with E-state index in [2.05, 4.69) is 54.8 Å². The van der Waals surface area contributed by atoms with E-state index in [0.717, 1.165) is 26.3 Å². The van der Waals surface area contributed by atoms with Crippen LogP contribution in [0.5, 0.6) is 0 Å². The van der Waals surface area contributed by atoms with Crippen molar-refractivity contribution in [2.24, 2.45) is 0 Å². The first kappa shape index (κ1) is 12.5. The van der Waals surface area contributed by atoms with E-state index < -0.39 is 0 Å². The molecule has 15 heavy (non-hydrogen) atoms. The summed E-state index contributed by atoms with van der Waals surface area (Å²) < 4.78 is 0. The highest BCUT2D eigenvalue weighted by Crippen LogP contribution is 2.07. The molecule has 0 saturated heterocycles. The van der Waals surface area contributed by atoms with Crippen LogP contribution in [0.25, 0.3) is 0 Å². The van der Waals surface area contributed by atoms with Crippen LogP contribution >= 0.6 is 0 Å². The zero-order valence-corrected chi connectivity index (χ0v) is 10.6. The van der Waals surface area contributed by atoms with Gasteiger partial charge in [0, 0.05) is 26.2 Å². The molecule has 0 aromatic carbocycles. The van der Waals surface area contributed by atoms with Crippen LogP contribution in [0.1, 0.15) is 20.8 Å². The Balaban J connectivity index is 2.39. The van der Waals surface area contributed by atoms with Crippen molar-refractivity contribution >= 4 is 0 Å². The van der Waals surface area contributed by atoms with Gasteiger partial charge in [0.05, 0.1) is 6.67 Å². The van der Waals surface area contributed by atoms with Gasteiger partial charge in [0.1, 0.15) is 0 Å². The van der Waals surface area contributed by atoms with Crippen molar-refractivity contribution in [2.45, 2.75) is 26.8 Å². The van der Waals surface area contributed by atoms with Crippen LogP contribution < -0.4 is 0 Å². The van der Waals surface area contributed by atoms with Crippen molar-refractivity contribution in [3.63, 3.8) is 0 Å². The van der Waals surface area contributed by atoms with Crippen LogP contribution in [0.3, 0.4) is 0 Å². The standard InChI is InChI=1S/C12H25N3/c1-5-14(6-2)10-12(3)15-9-7-8-13(4)11-15/h7-8,12H,5-6,9-11H2,1-4H3. The maximum Gasteiger partial charge on any atom is 0.0703 e. The summed E-state index contributed by atoms with van der Waals surface area (Å²) in [6, 6.07) is 0.636. The van der Waals surface area contributed by atoms with Gasteiger partial charge in [-0.05, 0) is 26.2 Å². The van der Waals surface area contributed by atoms with Crippen LogP contribution in [0.4, 0.5) is 0 Å². The molecule has 3 heteroatoms. The first-order valence-electron chi connectivity index (χ1n) is 6.00. The van der Waals surface area contributed by atoms with Gasteiger partial charge in [-0.2, -0.15) is 0 Å². The van der Waals surface area contributed by atoms with Crippen LogP contribution in [-0.2, 0) is 0 Å². The molecular formula is C12H25N3. The zero-order chi connectivity index (χ0) is 11.3. The minimum Gasteiger partial charge on any atom is -0.368 e. The molecule has 0 aromatic rings. The fourth-order valence-electron chi connectivity index (χ4n) is 2.04. The van der Waals surface area contributed by atoms with Gasteiger partial charge in [0.25, 0.3) is 0 Å². The van der Waals surface area contributed by atoms with Crippen LogP contribution in [0.2, 0.25) is 0 Å². The normalized spacial score (nSPS) is 19.9. The summed E-state index contributed by atoms with van der Waals surface area (Å²) in [6.45, 7) is 12.4. The zero-order valence-electron chi connectivity index (χ0n) is 10.6. The highest BCUT2D eigenvalue weighted by molar-refractivity contribution is 4.90. The van der Waals surface area contributed by atoms with Gasteiger partial charge >= 0.3 is 0 Å². The van der Waals surface area contributed by atoms with Gasteiger partial charge in [0.2, 0.25) is 0 Å². The highest BCUT2D eigenvalue weighted by Gasteiger charge is 2.17. The minimum atomic E-state index is 0.636. The average molecular weight is 211 g/mol. The van der Waals surface area contributed by atoms with E-state index in [1.165, 1.54) is 6.54 Å². The SMILES string of the molecule is CCN(CC)CC(C)N1CC=CN(C)C1. The lowest BCUT2D eigenvalue weighted by Gasteiger charge is -2.36.